The summed E-state index contributed by atoms with van der Waals surface area (Å²) in [5.41, 5.74) is 0.566. The highest BCUT2D eigenvalue weighted by molar-refractivity contribution is 6.33. The van der Waals surface area contributed by atoms with Crippen LogP contribution in [0.1, 0.15) is 0 Å². The summed E-state index contributed by atoms with van der Waals surface area (Å²) in [6, 6.07) is 6.10. The molecule has 1 atom stereocenters. The third kappa shape index (κ3) is 2.34. The molecule has 1 aromatic carbocycles. The van der Waals surface area contributed by atoms with Crippen molar-refractivity contribution in [3.63, 3.8) is 0 Å². The molecule has 90 valence electrons. The van der Waals surface area contributed by atoms with Crippen molar-refractivity contribution < 1.29 is 14.7 Å². The number of carbonyl (C=O) groups is 2. The van der Waals surface area contributed by atoms with Crippen LogP contribution in [0.15, 0.2) is 24.3 Å². The van der Waals surface area contributed by atoms with Crippen LogP contribution >= 0.6 is 11.6 Å². The van der Waals surface area contributed by atoms with Crippen molar-refractivity contribution in [3.05, 3.63) is 29.3 Å². The molecule has 1 fully saturated rings. The molecule has 2 N–H and O–H groups in total. The zero-order valence-electron chi connectivity index (χ0n) is 8.89. The van der Waals surface area contributed by atoms with Crippen molar-refractivity contribution in [1.29, 1.82) is 0 Å². The van der Waals surface area contributed by atoms with Crippen molar-refractivity contribution in [2.45, 2.75) is 6.04 Å². The molecule has 0 aromatic heterocycles. The van der Waals surface area contributed by atoms with Crippen LogP contribution in [-0.2, 0) is 9.59 Å². The smallest absolute Gasteiger partial charge is 0.328 e. The van der Waals surface area contributed by atoms with Gasteiger partial charge in [-0.25, -0.2) is 4.79 Å². The molecule has 0 bridgehead atoms. The van der Waals surface area contributed by atoms with Crippen molar-refractivity contribution >= 4 is 29.2 Å². The first-order valence-electron chi connectivity index (χ1n) is 5.10. The number of carbonyl (C=O) groups excluding carboxylic acids is 1. The molecule has 1 unspecified atom stereocenters. The second-order valence-corrected chi connectivity index (χ2v) is 4.14. The second-order valence-electron chi connectivity index (χ2n) is 3.74. The van der Waals surface area contributed by atoms with Gasteiger partial charge in [-0.2, -0.15) is 0 Å². The Kier molecular flexibility index (Phi) is 3.19. The Balaban J connectivity index is 2.35. The molecule has 1 aromatic rings. The number of anilines is 1. The molecule has 0 spiro atoms. The van der Waals surface area contributed by atoms with E-state index in [1.807, 2.05) is 0 Å². The average Bonchev–Trinajstić information content (AvgIpc) is 2.29. The van der Waals surface area contributed by atoms with Crippen LogP contribution in [0, 0.1) is 0 Å². The highest BCUT2D eigenvalue weighted by Gasteiger charge is 2.32. The minimum atomic E-state index is -0.982. The van der Waals surface area contributed by atoms with E-state index in [0.717, 1.165) is 0 Å². The van der Waals surface area contributed by atoms with Gasteiger partial charge in [0.25, 0.3) is 0 Å². The number of piperazine rings is 1. The highest BCUT2D eigenvalue weighted by atomic mass is 35.5. The molecule has 17 heavy (non-hydrogen) atoms. The van der Waals surface area contributed by atoms with Crippen LogP contribution in [0.2, 0.25) is 5.02 Å². The molecule has 1 aliphatic heterocycles. The number of nitrogens with one attached hydrogen (secondary N) is 1. The van der Waals surface area contributed by atoms with E-state index in [1.165, 1.54) is 4.90 Å². The Bertz CT molecular complexity index is 464. The Hall–Kier alpha value is -1.75. The first kappa shape index (κ1) is 11.7. The summed E-state index contributed by atoms with van der Waals surface area (Å²) >= 11 is 6.01. The van der Waals surface area contributed by atoms with Gasteiger partial charge in [0.2, 0.25) is 5.91 Å². The van der Waals surface area contributed by atoms with Crippen molar-refractivity contribution in [2.24, 2.45) is 0 Å². The molecule has 1 amide bonds. The molecule has 0 radical (unpaired) electrons. The Morgan fingerprint density at radius 1 is 1.47 bits per heavy atom. The standard InChI is InChI=1S/C11H11ClN2O3/c12-7-3-1-2-4-8(7)14-6-10(15)13-5-9(14)11(16)17/h1-4,9H,5-6H2,(H,13,15)(H,16,17). The van der Waals surface area contributed by atoms with E-state index >= 15 is 0 Å². The third-order valence-electron chi connectivity index (χ3n) is 2.63. The number of para-hydroxylation sites is 1. The van der Waals surface area contributed by atoms with Gasteiger partial charge in [0, 0.05) is 6.54 Å². The number of carboxylic acids is 1. The zero-order valence-corrected chi connectivity index (χ0v) is 9.65. The highest BCUT2D eigenvalue weighted by Crippen LogP contribution is 2.27. The summed E-state index contributed by atoms with van der Waals surface area (Å²) < 4.78 is 0. The largest absolute Gasteiger partial charge is 0.480 e. The van der Waals surface area contributed by atoms with Crippen LogP contribution < -0.4 is 10.2 Å². The third-order valence-corrected chi connectivity index (χ3v) is 2.95. The molecular formula is C11H11ClN2O3. The van der Waals surface area contributed by atoms with Crippen LogP contribution in [0.25, 0.3) is 0 Å². The van der Waals surface area contributed by atoms with E-state index in [4.69, 9.17) is 16.7 Å². The van der Waals surface area contributed by atoms with Gasteiger partial charge in [0.15, 0.2) is 0 Å². The van der Waals surface area contributed by atoms with E-state index in [-0.39, 0.29) is 19.0 Å². The van der Waals surface area contributed by atoms with Gasteiger partial charge < -0.3 is 15.3 Å². The van der Waals surface area contributed by atoms with E-state index in [9.17, 15) is 9.59 Å². The van der Waals surface area contributed by atoms with E-state index in [0.29, 0.717) is 10.7 Å². The van der Waals surface area contributed by atoms with Gasteiger partial charge in [-0.15, -0.1) is 0 Å². The van der Waals surface area contributed by atoms with E-state index in [1.54, 1.807) is 24.3 Å². The number of benzene rings is 1. The lowest BCUT2D eigenvalue weighted by Crippen LogP contribution is -2.57. The maximum Gasteiger partial charge on any atom is 0.328 e. The molecule has 0 saturated carbocycles. The zero-order chi connectivity index (χ0) is 12.4. The lowest BCUT2D eigenvalue weighted by atomic mass is 10.1. The van der Waals surface area contributed by atoms with Crippen molar-refractivity contribution in [3.8, 4) is 0 Å². The summed E-state index contributed by atoms with van der Waals surface area (Å²) in [6.45, 7) is 0.0834. The monoisotopic (exact) mass is 254 g/mol. The number of hydrogen-bond acceptors (Lipinski definition) is 3. The Labute approximate surface area is 103 Å². The van der Waals surface area contributed by atoms with Gasteiger partial charge in [-0.05, 0) is 12.1 Å². The Morgan fingerprint density at radius 3 is 2.82 bits per heavy atom. The summed E-state index contributed by atoms with van der Waals surface area (Å²) in [4.78, 5) is 24.0. The topological polar surface area (TPSA) is 69.6 Å². The van der Waals surface area contributed by atoms with Gasteiger partial charge in [-0.1, -0.05) is 23.7 Å². The van der Waals surface area contributed by atoms with Crippen LogP contribution in [-0.4, -0.2) is 36.1 Å². The minimum absolute atomic E-state index is 0.000694. The number of aliphatic carboxylic acids is 1. The van der Waals surface area contributed by atoms with Gasteiger partial charge in [-0.3, -0.25) is 4.79 Å². The number of amides is 1. The van der Waals surface area contributed by atoms with Crippen LogP contribution in [0.3, 0.4) is 0 Å². The number of rotatable bonds is 2. The maximum absolute atomic E-state index is 11.3. The number of hydrogen-bond donors (Lipinski definition) is 2. The van der Waals surface area contributed by atoms with Gasteiger partial charge in [0.05, 0.1) is 17.3 Å². The lowest BCUT2D eigenvalue weighted by molar-refractivity contribution is -0.139. The van der Waals surface area contributed by atoms with Gasteiger partial charge >= 0.3 is 5.97 Å². The normalized spacial score (nSPS) is 19.9. The molecule has 1 aliphatic rings. The summed E-state index contributed by atoms with van der Waals surface area (Å²) in [7, 11) is 0. The number of halogens is 1. The van der Waals surface area contributed by atoms with Crippen LogP contribution in [0.5, 0.6) is 0 Å². The molecule has 0 aliphatic carbocycles. The number of nitrogens with zero attached hydrogens (tertiary/aromatic N) is 1. The molecular weight excluding hydrogens is 244 g/mol. The first-order valence-corrected chi connectivity index (χ1v) is 5.48. The summed E-state index contributed by atoms with van der Waals surface area (Å²) in [5.74, 6) is -1.19. The molecule has 1 saturated heterocycles. The molecule has 2 rings (SSSR count). The molecule has 6 heteroatoms. The van der Waals surface area contributed by atoms with E-state index < -0.39 is 12.0 Å². The second kappa shape index (κ2) is 4.63. The minimum Gasteiger partial charge on any atom is -0.480 e. The fourth-order valence-electron chi connectivity index (χ4n) is 1.80. The summed E-state index contributed by atoms with van der Waals surface area (Å²) in [5, 5.41) is 12.1. The lowest BCUT2D eigenvalue weighted by Gasteiger charge is -2.34. The Morgan fingerprint density at radius 2 is 2.18 bits per heavy atom. The van der Waals surface area contributed by atoms with Crippen molar-refractivity contribution in [1.82, 2.24) is 5.32 Å². The predicted octanol–water partition coefficient (Wildman–Crippen LogP) is 0.729. The fourth-order valence-corrected chi connectivity index (χ4v) is 2.04. The quantitative estimate of drug-likeness (QED) is 0.816. The van der Waals surface area contributed by atoms with Crippen molar-refractivity contribution in [2.75, 3.05) is 18.0 Å². The summed E-state index contributed by atoms with van der Waals surface area (Å²) in [6.07, 6.45) is 0. The SMILES string of the molecule is O=C1CN(c2ccccc2Cl)C(C(=O)O)CN1. The molecule has 5 nitrogen and oxygen atoms in total. The fraction of sp³-hybridized carbons (Fsp3) is 0.273. The molecule has 1 heterocycles. The average molecular weight is 255 g/mol. The van der Waals surface area contributed by atoms with Gasteiger partial charge in [0.1, 0.15) is 6.04 Å². The predicted molar refractivity (Wildman–Crippen MR) is 63.2 cm³/mol. The first-order chi connectivity index (χ1) is 8.09. The number of carboxylic acid groups (broad SMARTS) is 1. The van der Waals surface area contributed by atoms with E-state index in [2.05, 4.69) is 5.32 Å². The van der Waals surface area contributed by atoms with Crippen LogP contribution in [0.4, 0.5) is 5.69 Å². The maximum atomic E-state index is 11.3.